The molecule has 41 heavy (non-hydrogen) atoms. The summed E-state index contributed by atoms with van der Waals surface area (Å²) in [6, 6.07) is 23.6. The van der Waals surface area contributed by atoms with Gasteiger partial charge in [-0.1, -0.05) is 65.7 Å². The maximum absolute atomic E-state index is 13.9. The van der Waals surface area contributed by atoms with Crippen LogP contribution in [-0.2, 0) is 26.1 Å². The summed E-state index contributed by atoms with van der Waals surface area (Å²) in [6.45, 7) is 5.32. The zero-order valence-electron chi connectivity index (χ0n) is 24.0. The summed E-state index contributed by atoms with van der Waals surface area (Å²) in [7, 11) is -2.41. The molecule has 3 aromatic carbocycles. The van der Waals surface area contributed by atoms with Crippen molar-refractivity contribution in [2.24, 2.45) is 0 Å². The van der Waals surface area contributed by atoms with Gasteiger partial charge in [0.1, 0.15) is 0 Å². The Morgan fingerprint density at radius 2 is 1.46 bits per heavy atom. The summed E-state index contributed by atoms with van der Waals surface area (Å²) in [5.41, 5.74) is 3.84. The SMILES string of the molecule is COCCN(CC(=O)N(Cc1ccc(C)cc1)C1CCN(C(=O)c2ccc(C)cc2)CC1)S(=O)(=O)c1ccccc1. The Morgan fingerprint density at radius 3 is 2.05 bits per heavy atom. The average molecular weight is 578 g/mol. The fourth-order valence-corrected chi connectivity index (χ4v) is 6.43. The predicted molar refractivity (Wildman–Crippen MR) is 159 cm³/mol. The molecule has 8 nitrogen and oxygen atoms in total. The van der Waals surface area contributed by atoms with Gasteiger partial charge >= 0.3 is 0 Å². The normalized spacial score (nSPS) is 14.3. The summed E-state index contributed by atoms with van der Waals surface area (Å²) < 4.78 is 33.4. The molecule has 0 atom stereocenters. The molecule has 1 aliphatic rings. The molecule has 0 saturated carbocycles. The highest BCUT2D eigenvalue weighted by molar-refractivity contribution is 7.89. The van der Waals surface area contributed by atoms with Crippen molar-refractivity contribution < 1.29 is 22.7 Å². The van der Waals surface area contributed by atoms with Crippen molar-refractivity contribution in [3.05, 3.63) is 101 Å². The first kappa shape index (κ1) is 30.4. The van der Waals surface area contributed by atoms with Crippen LogP contribution in [0.3, 0.4) is 0 Å². The lowest BCUT2D eigenvalue weighted by atomic mass is 10.0. The summed E-state index contributed by atoms with van der Waals surface area (Å²) in [5.74, 6) is -0.288. The lowest BCUT2D eigenvalue weighted by Crippen LogP contribution is -2.51. The number of aryl methyl sites for hydroxylation is 2. The number of hydrogen-bond acceptors (Lipinski definition) is 5. The quantitative estimate of drug-likeness (QED) is 0.340. The van der Waals surface area contributed by atoms with Gasteiger partial charge in [0.05, 0.1) is 18.0 Å². The van der Waals surface area contributed by atoms with Gasteiger partial charge in [-0.3, -0.25) is 9.59 Å². The minimum atomic E-state index is -3.91. The van der Waals surface area contributed by atoms with Gasteiger partial charge in [0.25, 0.3) is 5.91 Å². The Kier molecular flexibility index (Phi) is 10.3. The van der Waals surface area contributed by atoms with Crippen LogP contribution in [0.25, 0.3) is 0 Å². The lowest BCUT2D eigenvalue weighted by Gasteiger charge is -2.39. The van der Waals surface area contributed by atoms with Crippen molar-refractivity contribution in [1.82, 2.24) is 14.1 Å². The second-order valence-electron chi connectivity index (χ2n) is 10.5. The van der Waals surface area contributed by atoms with Crippen molar-refractivity contribution in [2.45, 2.75) is 44.2 Å². The third-order valence-electron chi connectivity index (χ3n) is 7.52. The Morgan fingerprint density at radius 1 is 0.878 bits per heavy atom. The largest absolute Gasteiger partial charge is 0.383 e. The van der Waals surface area contributed by atoms with Crippen molar-refractivity contribution in [3.8, 4) is 0 Å². The fourth-order valence-electron chi connectivity index (χ4n) is 5.03. The summed E-state index contributed by atoms with van der Waals surface area (Å²) in [6.07, 6.45) is 1.22. The van der Waals surface area contributed by atoms with E-state index in [1.807, 2.05) is 67.3 Å². The van der Waals surface area contributed by atoms with E-state index in [0.29, 0.717) is 38.0 Å². The molecule has 3 aromatic rings. The highest BCUT2D eigenvalue weighted by atomic mass is 32.2. The van der Waals surface area contributed by atoms with Gasteiger partial charge in [0, 0.05) is 44.9 Å². The first-order chi connectivity index (χ1) is 19.7. The molecule has 4 rings (SSSR count). The third-order valence-corrected chi connectivity index (χ3v) is 9.38. The number of benzene rings is 3. The minimum Gasteiger partial charge on any atom is -0.383 e. The Bertz CT molecular complexity index is 1400. The molecule has 0 spiro atoms. The molecule has 0 radical (unpaired) electrons. The molecule has 9 heteroatoms. The number of sulfonamides is 1. The summed E-state index contributed by atoms with van der Waals surface area (Å²) in [4.78, 5) is 30.8. The molecule has 0 aliphatic carbocycles. The van der Waals surface area contributed by atoms with Gasteiger partial charge in [-0.25, -0.2) is 8.42 Å². The van der Waals surface area contributed by atoms with Gasteiger partial charge in [-0.15, -0.1) is 0 Å². The van der Waals surface area contributed by atoms with Crippen LogP contribution >= 0.6 is 0 Å². The molecule has 218 valence electrons. The van der Waals surface area contributed by atoms with Gasteiger partial charge in [0.2, 0.25) is 15.9 Å². The Balaban J connectivity index is 1.53. The number of methoxy groups -OCH3 is 1. The molecule has 0 N–H and O–H groups in total. The zero-order chi connectivity index (χ0) is 29.4. The van der Waals surface area contributed by atoms with E-state index in [0.717, 1.165) is 16.7 Å². The van der Waals surface area contributed by atoms with Gasteiger partial charge in [-0.2, -0.15) is 4.31 Å². The lowest BCUT2D eigenvalue weighted by molar-refractivity contribution is -0.135. The van der Waals surface area contributed by atoms with Crippen LogP contribution in [0.4, 0.5) is 0 Å². The maximum atomic E-state index is 13.9. The van der Waals surface area contributed by atoms with Crippen LogP contribution in [0.2, 0.25) is 0 Å². The summed E-state index contributed by atoms with van der Waals surface area (Å²) in [5, 5.41) is 0. The molecule has 1 aliphatic heterocycles. The molecule has 0 unspecified atom stereocenters. The van der Waals surface area contributed by atoms with E-state index in [4.69, 9.17) is 4.74 Å². The van der Waals surface area contributed by atoms with E-state index >= 15 is 0 Å². The van der Waals surface area contributed by atoms with Crippen LogP contribution in [0, 0.1) is 13.8 Å². The molecule has 1 saturated heterocycles. The number of likely N-dealkylation sites (tertiary alicyclic amines) is 1. The first-order valence-electron chi connectivity index (χ1n) is 13.9. The number of amides is 2. The van der Waals surface area contributed by atoms with Crippen LogP contribution in [0.15, 0.2) is 83.8 Å². The van der Waals surface area contributed by atoms with Gasteiger partial charge in [0.15, 0.2) is 0 Å². The van der Waals surface area contributed by atoms with Crippen LogP contribution in [0.5, 0.6) is 0 Å². The Hall–Kier alpha value is -3.53. The molecule has 1 fully saturated rings. The van der Waals surface area contributed by atoms with E-state index in [2.05, 4.69) is 0 Å². The molecule has 0 aromatic heterocycles. The number of ether oxygens (including phenoxy) is 1. The van der Waals surface area contributed by atoms with Crippen molar-refractivity contribution >= 4 is 21.8 Å². The topological polar surface area (TPSA) is 87.2 Å². The smallest absolute Gasteiger partial charge is 0.253 e. The van der Waals surface area contributed by atoms with Crippen molar-refractivity contribution in [2.75, 3.05) is 39.9 Å². The van der Waals surface area contributed by atoms with Crippen molar-refractivity contribution in [1.29, 1.82) is 0 Å². The summed E-state index contributed by atoms with van der Waals surface area (Å²) >= 11 is 0. The van der Waals surface area contributed by atoms with E-state index in [9.17, 15) is 18.0 Å². The van der Waals surface area contributed by atoms with E-state index in [1.165, 1.54) is 23.5 Å². The molecular weight excluding hydrogens is 538 g/mol. The fraction of sp³-hybridized carbons (Fsp3) is 0.375. The van der Waals surface area contributed by atoms with Crippen LogP contribution in [0.1, 0.15) is 39.9 Å². The van der Waals surface area contributed by atoms with Crippen molar-refractivity contribution in [3.63, 3.8) is 0 Å². The number of rotatable bonds is 11. The third kappa shape index (κ3) is 7.81. The van der Waals surface area contributed by atoms with E-state index in [1.54, 1.807) is 23.1 Å². The molecular formula is C32H39N3O5S. The van der Waals surface area contributed by atoms with Gasteiger partial charge in [-0.05, 0) is 56.5 Å². The second kappa shape index (κ2) is 13.9. The number of carbonyl (C=O) groups is 2. The molecule has 0 bridgehead atoms. The monoisotopic (exact) mass is 577 g/mol. The highest BCUT2D eigenvalue weighted by Crippen LogP contribution is 2.23. The molecule has 1 heterocycles. The number of piperidine rings is 1. The van der Waals surface area contributed by atoms with Gasteiger partial charge < -0.3 is 14.5 Å². The number of carbonyl (C=O) groups excluding carboxylic acids is 2. The molecule has 2 amide bonds. The standard InChI is InChI=1S/C32H39N3O5S/c1-25-9-13-27(14-10-25)23-35(29-17-19-33(20-18-29)32(37)28-15-11-26(2)12-16-28)31(36)24-34(21-22-40-3)41(38,39)30-7-5-4-6-8-30/h4-16,29H,17-24H2,1-3H3. The van der Waals surface area contributed by atoms with E-state index in [-0.39, 0.29) is 42.4 Å². The number of hydrogen-bond donors (Lipinski definition) is 0. The van der Waals surface area contributed by atoms with Crippen LogP contribution < -0.4 is 0 Å². The maximum Gasteiger partial charge on any atom is 0.253 e. The zero-order valence-corrected chi connectivity index (χ0v) is 24.8. The average Bonchev–Trinajstić information content (AvgIpc) is 2.99. The first-order valence-corrected chi connectivity index (χ1v) is 15.4. The second-order valence-corrected chi connectivity index (χ2v) is 12.5. The Labute approximate surface area is 243 Å². The van der Waals surface area contributed by atoms with Crippen LogP contribution in [-0.4, -0.2) is 80.3 Å². The highest BCUT2D eigenvalue weighted by Gasteiger charge is 2.33. The number of nitrogens with zero attached hydrogens (tertiary/aromatic N) is 3. The minimum absolute atomic E-state index is 0.0143. The predicted octanol–water partition coefficient (Wildman–Crippen LogP) is 4.27. The van der Waals surface area contributed by atoms with E-state index < -0.39 is 10.0 Å².